The van der Waals surface area contributed by atoms with E-state index in [1.54, 1.807) is 17.0 Å². The van der Waals surface area contributed by atoms with Crippen molar-refractivity contribution in [2.24, 2.45) is 5.92 Å². The molecule has 3 aromatic rings. The number of amides is 1. The first kappa shape index (κ1) is 18.2. The molecule has 0 atom stereocenters. The molecule has 0 unspecified atom stereocenters. The van der Waals surface area contributed by atoms with Crippen LogP contribution in [0.2, 0.25) is 0 Å². The van der Waals surface area contributed by atoms with E-state index in [0.717, 1.165) is 36.2 Å². The fourth-order valence-electron chi connectivity index (χ4n) is 3.99. The van der Waals surface area contributed by atoms with E-state index in [1.165, 1.54) is 12.1 Å². The number of carbonyl (C=O) groups is 1. The maximum absolute atomic E-state index is 12.8. The zero-order valence-electron chi connectivity index (χ0n) is 15.7. The first-order valence-corrected chi connectivity index (χ1v) is 9.49. The number of aromatic nitrogens is 2. The lowest BCUT2D eigenvalue weighted by Gasteiger charge is -2.32. The zero-order valence-corrected chi connectivity index (χ0v) is 15.7. The molecule has 7 heteroatoms. The average Bonchev–Trinajstić information content (AvgIpc) is 3.03. The van der Waals surface area contributed by atoms with Gasteiger partial charge in [-0.1, -0.05) is 24.3 Å². The molecular formula is C21H22N4O3. The largest absolute Gasteiger partial charge is 0.338 e. The highest BCUT2D eigenvalue weighted by Crippen LogP contribution is 2.26. The lowest BCUT2D eigenvalue weighted by atomic mass is 9.96. The summed E-state index contributed by atoms with van der Waals surface area (Å²) in [5.41, 5.74) is 2.18. The summed E-state index contributed by atoms with van der Waals surface area (Å²) in [4.78, 5) is 29.9. The van der Waals surface area contributed by atoms with Crippen LogP contribution < -0.4 is 0 Å². The van der Waals surface area contributed by atoms with E-state index >= 15 is 0 Å². The molecule has 2 heterocycles. The van der Waals surface area contributed by atoms with E-state index in [1.807, 2.05) is 25.1 Å². The molecule has 144 valence electrons. The summed E-state index contributed by atoms with van der Waals surface area (Å²) in [5, 5.41) is 11.2. The van der Waals surface area contributed by atoms with Crippen LogP contribution in [-0.4, -0.2) is 38.4 Å². The molecule has 0 spiro atoms. The second-order valence-electron chi connectivity index (χ2n) is 7.27. The van der Waals surface area contributed by atoms with Crippen molar-refractivity contribution in [2.75, 3.05) is 13.1 Å². The Labute approximate surface area is 162 Å². The van der Waals surface area contributed by atoms with Gasteiger partial charge in [0.2, 0.25) is 0 Å². The van der Waals surface area contributed by atoms with E-state index in [4.69, 9.17) is 0 Å². The summed E-state index contributed by atoms with van der Waals surface area (Å²) < 4.78 is 2.25. The Morgan fingerprint density at radius 1 is 1.14 bits per heavy atom. The van der Waals surface area contributed by atoms with Gasteiger partial charge in [0.05, 0.1) is 16.0 Å². The summed E-state index contributed by atoms with van der Waals surface area (Å²) in [6.07, 6.45) is 1.75. The van der Waals surface area contributed by atoms with Gasteiger partial charge in [0, 0.05) is 25.7 Å². The van der Waals surface area contributed by atoms with Gasteiger partial charge in [-0.05, 0) is 43.9 Å². The molecule has 1 saturated heterocycles. The average molecular weight is 378 g/mol. The van der Waals surface area contributed by atoms with Crippen LogP contribution in [0.15, 0.2) is 48.5 Å². The predicted octanol–water partition coefficient (Wildman–Crippen LogP) is 3.81. The van der Waals surface area contributed by atoms with Crippen LogP contribution in [0.4, 0.5) is 5.69 Å². The fourth-order valence-corrected chi connectivity index (χ4v) is 3.99. The molecule has 0 aliphatic carbocycles. The van der Waals surface area contributed by atoms with Crippen LogP contribution in [0.5, 0.6) is 0 Å². The van der Waals surface area contributed by atoms with Gasteiger partial charge < -0.3 is 9.47 Å². The Bertz CT molecular complexity index is 1040. The minimum absolute atomic E-state index is 0.130. The lowest BCUT2D eigenvalue weighted by Crippen LogP contribution is -2.39. The monoisotopic (exact) mass is 378 g/mol. The van der Waals surface area contributed by atoms with E-state index in [2.05, 4.69) is 15.6 Å². The highest BCUT2D eigenvalue weighted by Gasteiger charge is 2.28. The molecule has 0 saturated carbocycles. The summed E-state index contributed by atoms with van der Waals surface area (Å²) in [6.45, 7) is 4.12. The Balaban J connectivity index is 1.44. The van der Waals surface area contributed by atoms with Crippen molar-refractivity contribution in [2.45, 2.75) is 26.3 Å². The lowest BCUT2D eigenvalue weighted by molar-refractivity contribution is -0.385. The Morgan fingerprint density at radius 3 is 2.57 bits per heavy atom. The van der Waals surface area contributed by atoms with Gasteiger partial charge in [-0.15, -0.1) is 0 Å². The van der Waals surface area contributed by atoms with Crippen molar-refractivity contribution < 1.29 is 9.72 Å². The van der Waals surface area contributed by atoms with E-state index in [9.17, 15) is 14.9 Å². The number of likely N-dealkylation sites (tertiary alicyclic amines) is 1. The summed E-state index contributed by atoms with van der Waals surface area (Å²) in [7, 11) is 0. The molecule has 0 radical (unpaired) electrons. The van der Waals surface area contributed by atoms with Gasteiger partial charge in [-0.25, -0.2) is 4.98 Å². The highest BCUT2D eigenvalue weighted by molar-refractivity contribution is 5.98. The van der Waals surface area contributed by atoms with Crippen molar-refractivity contribution in [1.82, 2.24) is 14.5 Å². The second-order valence-corrected chi connectivity index (χ2v) is 7.27. The van der Waals surface area contributed by atoms with Crippen LogP contribution >= 0.6 is 0 Å². The molecule has 1 aromatic heterocycles. The number of fused-ring (bicyclic) bond motifs is 1. The van der Waals surface area contributed by atoms with Gasteiger partial charge in [-0.2, -0.15) is 0 Å². The van der Waals surface area contributed by atoms with Gasteiger partial charge in [-0.3, -0.25) is 14.9 Å². The quantitative estimate of drug-likeness (QED) is 0.511. The standard InChI is InChI=1S/C21H22N4O3/c1-15-22-18-7-3-5-9-20(18)24(15)14-16-10-12-23(13-11-16)21(26)17-6-2-4-8-19(17)25(27)28/h2-9,16H,10-14H2,1H3. The van der Waals surface area contributed by atoms with Crippen molar-refractivity contribution in [3.05, 3.63) is 70.0 Å². The maximum atomic E-state index is 12.8. The molecule has 1 fully saturated rings. The third-order valence-electron chi connectivity index (χ3n) is 5.52. The Hall–Kier alpha value is -3.22. The zero-order chi connectivity index (χ0) is 19.7. The number of imidazole rings is 1. The SMILES string of the molecule is Cc1nc2ccccc2n1CC1CCN(C(=O)c2ccccc2[N+](=O)[O-])CC1. The topological polar surface area (TPSA) is 81.3 Å². The van der Waals surface area contributed by atoms with E-state index in [-0.39, 0.29) is 17.2 Å². The third-order valence-corrected chi connectivity index (χ3v) is 5.52. The number of benzene rings is 2. The first-order valence-electron chi connectivity index (χ1n) is 9.49. The van der Waals surface area contributed by atoms with E-state index < -0.39 is 4.92 Å². The van der Waals surface area contributed by atoms with Crippen LogP contribution in [0.25, 0.3) is 11.0 Å². The van der Waals surface area contributed by atoms with Crippen LogP contribution in [0.1, 0.15) is 29.0 Å². The Morgan fingerprint density at radius 2 is 1.82 bits per heavy atom. The molecule has 1 aliphatic heterocycles. The summed E-state index contributed by atoms with van der Waals surface area (Å²) in [6, 6.07) is 14.3. The maximum Gasteiger partial charge on any atom is 0.282 e. The normalized spacial score (nSPS) is 15.1. The predicted molar refractivity (Wildman–Crippen MR) is 106 cm³/mol. The molecule has 2 aromatic carbocycles. The van der Waals surface area contributed by atoms with Crippen LogP contribution in [0.3, 0.4) is 0 Å². The van der Waals surface area contributed by atoms with Gasteiger partial charge in [0.1, 0.15) is 11.4 Å². The molecule has 1 amide bonds. The molecule has 1 aliphatic rings. The number of nitrogens with zero attached hydrogens (tertiary/aromatic N) is 4. The minimum Gasteiger partial charge on any atom is -0.338 e. The number of aryl methyl sites for hydroxylation is 1. The Kier molecular flexibility index (Phi) is 4.81. The molecule has 28 heavy (non-hydrogen) atoms. The van der Waals surface area contributed by atoms with Crippen molar-refractivity contribution in [3.63, 3.8) is 0 Å². The number of piperidine rings is 1. The van der Waals surface area contributed by atoms with Crippen molar-refractivity contribution in [3.8, 4) is 0 Å². The minimum atomic E-state index is -0.493. The first-order chi connectivity index (χ1) is 13.5. The summed E-state index contributed by atoms with van der Waals surface area (Å²) >= 11 is 0. The summed E-state index contributed by atoms with van der Waals surface area (Å²) in [5.74, 6) is 1.20. The molecule has 0 bridgehead atoms. The number of nitro benzene ring substituents is 1. The number of hydrogen-bond acceptors (Lipinski definition) is 4. The number of para-hydroxylation sites is 3. The number of hydrogen-bond donors (Lipinski definition) is 0. The van der Waals surface area contributed by atoms with E-state index in [0.29, 0.717) is 19.0 Å². The third kappa shape index (κ3) is 3.35. The van der Waals surface area contributed by atoms with Gasteiger partial charge >= 0.3 is 0 Å². The molecular weight excluding hydrogens is 356 g/mol. The van der Waals surface area contributed by atoms with Crippen LogP contribution in [-0.2, 0) is 6.54 Å². The number of nitro groups is 1. The molecule has 0 N–H and O–H groups in total. The van der Waals surface area contributed by atoms with Crippen molar-refractivity contribution >= 4 is 22.6 Å². The molecule has 4 rings (SSSR count). The fraction of sp³-hybridized carbons (Fsp3) is 0.333. The number of rotatable bonds is 4. The smallest absolute Gasteiger partial charge is 0.282 e. The highest BCUT2D eigenvalue weighted by atomic mass is 16.6. The van der Waals surface area contributed by atoms with Crippen molar-refractivity contribution in [1.29, 1.82) is 0 Å². The number of carbonyl (C=O) groups excluding carboxylic acids is 1. The molecule has 7 nitrogen and oxygen atoms in total. The van der Waals surface area contributed by atoms with Gasteiger partial charge in [0.25, 0.3) is 11.6 Å². The second kappa shape index (κ2) is 7.42. The van der Waals surface area contributed by atoms with Crippen LogP contribution in [0, 0.1) is 23.0 Å². The van der Waals surface area contributed by atoms with Gasteiger partial charge in [0.15, 0.2) is 0 Å².